The standard InChI is InChI=1S/C22H28N6O/c1-3-4-5-17-6-8-18(9-7-17)14-20(29)27-10-12-28(13-11-27)22-19-15-25-26(2)21(19)23-16-24-22/h6-9,15-16H,3-5,10-14H2,1-2H3. The lowest BCUT2D eigenvalue weighted by Crippen LogP contribution is -2.49. The Morgan fingerprint density at radius 1 is 1.03 bits per heavy atom. The molecule has 0 bridgehead atoms. The number of amides is 1. The third-order valence-electron chi connectivity index (χ3n) is 5.64. The number of hydrogen-bond acceptors (Lipinski definition) is 5. The lowest BCUT2D eigenvalue weighted by atomic mass is 10.0. The third-order valence-corrected chi connectivity index (χ3v) is 5.64. The summed E-state index contributed by atoms with van der Waals surface area (Å²) in [5.41, 5.74) is 3.27. The van der Waals surface area contributed by atoms with Gasteiger partial charge in [-0.25, -0.2) is 9.97 Å². The average Bonchev–Trinajstić information content (AvgIpc) is 3.14. The summed E-state index contributed by atoms with van der Waals surface area (Å²) in [6, 6.07) is 8.51. The van der Waals surface area contributed by atoms with E-state index in [0.717, 1.165) is 41.9 Å². The van der Waals surface area contributed by atoms with Gasteiger partial charge in [-0.2, -0.15) is 5.10 Å². The number of anilines is 1. The molecule has 1 aromatic carbocycles. The highest BCUT2D eigenvalue weighted by atomic mass is 16.2. The second-order valence-corrected chi connectivity index (χ2v) is 7.67. The van der Waals surface area contributed by atoms with Gasteiger partial charge in [0.05, 0.1) is 18.0 Å². The molecule has 3 heterocycles. The first-order chi connectivity index (χ1) is 14.2. The number of piperazine rings is 1. The van der Waals surface area contributed by atoms with E-state index in [1.165, 1.54) is 18.4 Å². The Morgan fingerprint density at radius 3 is 2.48 bits per heavy atom. The number of hydrogen-bond donors (Lipinski definition) is 0. The van der Waals surface area contributed by atoms with Gasteiger partial charge in [-0.15, -0.1) is 0 Å². The summed E-state index contributed by atoms with van der Waals surface area (Å²) in [5, 5.41) is 5.24. The van der Waals surface area contributed by atoms with Crippen molar-refractivity contribution in [3.05, 3.63) is 47.9 Å². The van der Waals surface area contributed by atoms with Crippen LogP contribution in [0.5, 0.6) is 0 Å². The predicted octanol–water partition coefficient (Wildman–Crippen LogP) is 2.60. The van der Waals surface area contributed by atoms with Crippen LogP contribution in [-0.2, 0) is 24.7 Å². The van der Waals surface area contributed by atoms with E-state index >= 15 is 0 Å². The first-order valence-electron chi connectivity index (χ1n) is 10.4. The summed E-state index contributed by atoms with van der Waals surface area (Å²) in [7, 11) is 1.88. The highest BCUT2D eigenvalue weighted by molar-refractivity contribution is 5.87. The van der Waals surface area contributed by atoms with E-state index in [1.54, 1.807) is 11.0 Å². The molecule has 0 N–H and O–H groups in total. The topological polar surface area (TPSA) is 67.2 Å². The van der Waals surface area contributed by atoms with Gasteiger partial charge in [0, 0.05) is 33.2 Å². The minimum atomic E-state index is 0.195. The van der Waals surface area contributed by atoms with Crippen molar-refractivity contribution in [1.29, 1.82) is 0 Å². The van der Waals surface area contributed by atoms with Gasteiger partial charge >= 0.3 is 0 Å². The average molecular weight is 393 g/mol. The summed E-state index contributed by atoms with van der Waals surface area (Å²) in [6.45, 7) is 5.15. The number of aryl methyl sites for hydroxylation is 2. The first-order valence-corrected chi connectivity index (χ1v) is 10.4. The van der Waals surface area contributed by atoms with Gasteiger partial charge in [-0.3, -0.25) is 9.48 Å². The fourth-order valence-corrected chi connectivity index (χ4v) is 3.86. The Bertz CT molecular complexity index is 973. The van der Waals surface area contributed by atoms with Gasteiger partial charge in [0.2, 0.25) is 5.91 Å². The fraction of sp³-hybridized carbons (Fsp3) is 0.455. The summed E-state index contributed by atoms with van der Waals surface area (Å²) in [6.07, 6.45) is 7.38. The molecule has 0 aliphatic carbocycles. The van der Waals surface area contributed by atoms with Crippen molar-refractivity contribution in [2.24, 2.45) is 7.05 Å². The van der Waals surface area contributed by atoms with Crippen LogP contribution >= 0.6 is 0 Å². The van der Waals surface area contributed by atoms with Crippen LogP contribution in [0.2, 0.25) is 0 Å². The molecule has 0 saturated carbocycles. The molecule has 1 amide bonds. The zero-order chi connectivity index (χ0) is 20.2. The Hall–Kier alpha value is -2.96. The molecule has 1 aliphatic heterocycles. The summed E-state index contributed by atoms with van der Waals surface area (Å²) in [5.74, 6) is 1.10. The van der Waals surface area contributed by atoms with E-state index in [4.69, 9.17) is 0 Å². The lowest BCUT2D eigenvalue weighted by molar-refractivity contribution is -0.130. The molecule has 7 heteroatoms. The number of carbonyl (C=O) groups excluding carboxylic acids is 1. The minimum absolute atomic E-state index is 0.195. The van der Waals surface area contributed by atoms with E-state index in [-0.39, 0.29) is 5.91 Å². The molecular formula is C22H28N6O. The largest absolute Gasteiger partial charge is 0.352 e. The highest BCUT2D eigenvalue weighted by Gasteiger charge is 2.23. The Balaban J connectivity index is 1.35. The molecule has 0 radical (unpaired) electrons. The van der Waals surface area contributed by atoms with Gasteiger partial charge in [-0.1, -0.05) is 37.6 Å². The van der Waals surface area contributed by atoms with Crippen molar-refractivity contribution in [3.8, 4) is 0 Å². The Labute approximate surface area is 171 Å². The Morgan fingerprint density at radius 2 is 1.76 bits per heavy atom. The lowest BCUT2D eigenvalue weighted by Gasteiger charge is -2.35. The van der Waals surface area contributed by atoms with Crippen LogP contribution in [-0.4, -0.2) is 56.7 Å². The molecule has 2 aromatic heterocycles. The number of aromatic nitrogens is 4. The molecule has 1 saturated heterocycles. The molecule has 0 unspecified atom stereocenters. The highest BCUT2D eigenvalue weighted by Crippen LogP contribution is 2.23. The quantitative estimate of drug-likeness (QED) is 0.645. The fourth-order valence-electron chi connectivity index (χ4n) is 3.86. The second kappa shape index (κ2) is 8.59. The first kappa shape index (κ1) is 19.4. The van der Waals surface area contributed by atoms with Crippen molar-refractivity contribution in [1.82, 2.24) is 24.6 Å². The number of rotatable bonds is 6. The van der Waals surface area contributed by atoms with Crippen molar-refractivity contribution in [2.45, 2.75) is 32.6 Å². The van der Waals surface area contributed by atoms with E-state index in [0.29, 0.717) is 19.5 Å². The van der Waals surface area contributed by atoms with E-state index in [2.05, 4.69) is 51.2 Å². The summed E-state index contributed by atoms with van der Waals surface area (Å²) >= 11 is 0. The van der Waals surface area contributed by atoms with Crippen LogP contribution in [0, 0.1) is 0 Å². The van der Waals surface area contributed by atoms with Crippen LogP contribution in [0.1, 0.15) is 30.9 Å². The maximum absolute atomic E-state index is 12.8. The van der Waals surface area contributed by atoms with E-state index in [9.17, 15) is 4.79 Å². The van der Waals surface area contributed by atoms with Gasteiger partial charge in [-0.05, 0) is 24.0 Å². The molecular weight excluding hydrogens is 364 g/mol. The zero-order valence-electron chi connectivity index (χ0n) is 17.2. The molecule has 29 heavy (non-hydrogen) atoms. The van der Waals surface area contributed by atoms with Gasteiger partial charge in [0.15, 0.2) is 5.65 Å². The van der Waals surface area contributed by atoms with Crippen molar-refractivity contribution >= 4 is 22.8 Å². The third kappa shape index (κ3) is 4.23. The van der Waals surface area contributed by atoms with Crippen LogP contribution in [0.25, 0.3) is 11.0 Å². The van der Waals surface area contributed by atoms with Gasteiger partial charge in [0.1, 0.15) is 12.1 Å². The van der Waals surface area contributed by atoms with Crippen molar-refractivity contribution in [2.75, 3.05) is 31.1 Å². The van der Waals surface area contributed by atoms with Gasteiger partial charge in [0.25, 0.3) is 0 Å². The number of fused-ring (bicyclic) bond motifs is 1. The molecule has 7 nitrogen and oxygen atoms in total. The molecule has 1 aliphatic rings. The number of nitrogens with zero attached hydrogens (tertiary/aromatic N) is 6. The van der Waals surface area contributed by atoms with Crippen LogP contribution in [0.15, 0.2) is 36.8 Å². The second-order valence-electron chi connectivity index (χ2n) is 7.67. The van der Waals surface area contributed by atoms with E-state index in [1.807, 2.05) is 18.1 Å². The molecule has 3 aromatic rings. The molecule has 1 fully saturated rings. The monoisotopic (exact) mass is 392 g/mol. The molecule has 152 valence electrons. The van der Waals surface area contributed by atoms with Crippen LogP contribution in [0.4, 0.5) is 5.82 Å². The number of unbranched alkanes of at least 4 members (excludes halogenated alkanes) is 1. The van der Waals surface area contributed by atoms with Crippen LogP contribution in [0.3, 0.4) is 0 Å². The predicted molar refractivity (Wildman–Crippen MR) is 114 cm³/mol. The molecule has 4 rings (SSSR count). The van der Waals surface area contributed by atoms with Crippen molar-refractivity contribution < 1.29 is 4.79 Å². The normalized spacial score (nSPS) is 14.6. The molecule has 0 spiro atoms. The van der Waals surface area contributed by atoms with Crippen LogP contribution < -0.4 is 4.90 Å². The number of benzene rings is 1. The van der Waals surface area contributed by atoms with E-state index < -0.39 is 0 Å². The Kier molecular flexibility index (Phi) is 5.74. The minimum Gasteiger partial charge on any atom is -0.352 e. The SMILES string of the molecule is CCCCc1ccc(CC(=O)N2CCN(c3ncnc4c3cnn4C)CC2)cc1. The summed E-state index contributed by atoms with van der Waals surface area (Å²) < 4.78 is 1.76. The zero-order valence-corrected chi connectivity index (χ0v) is 17.2. The van der Waals surface area contributed by atoms with Gasteiger partial charge < -0.3 is 9.80 Å². The number of carbonyl (C=O) groups is 1. The summed E-state index contributed by atoms with van der Waals surface area (Å²) in [4.78, 5) is 25.7. The van der Waals surface area contributed by atoms with Crippen molar-refractivity contribution in [3.63, 3.8) is 0 Å². The maximum Gasteiger partial charge on any atom is 0.227 e. The smallest absolute Gasteiger partial charge is 0.227 e. The maximum atomic E-state index is 12.8. The molecule has 0 atom stereocenters.